The first-order chi connectivity index (χ1) is 5.59. The molecule has 0 bridgehead atoms. The van der Waals surface area contributed by atoms with Crippen LogP contribution in [0.3, 0.4) is 0 Å². The van der Waals surface area contributed by atoms with E-state index in [0.717, 1.165) is 0 Å². The molecule has 0 aliphatic heterocycles. The molecule has 0 saturated heterocycles. The average molecular weight is 164 g/mol. The first-order valence-electron chi connectivity index (χ1n) is 3.40. The second-order valence-corrected chi connectivity index (χ2v) is 2.39. The molecule has 4 heteroatoms. The van der Waals surface area contributed by atoms with Gasteiger partial charge in [-0.15, -0.1) is 0 Å². The number of ketones is 1. The predicted molar refractivity (Wildman–Crippen MR) is 43.8 cm³/mol. The van der Waals surface area contributed by atoms with Gasteiger partial charge in [-0.1, -0.05) is 0 Å². The van der Waals surface area contributed by atoms with Crippen molar-refractivity contribution in [2.75, 3.05) is 0 Å². The normalized spacial score (nSPS) is 15.9. The van der Waals surface area contributed by atoms with Crippen molar-refractivity contribution in [3.8, 4) is 0 Å². The molecule has 0 aromatic carbocycles. The average Bonchev–Trinajstić information content (AvgIpc) is 1.96. The van der Waals surface area contributed by atoms with Crippen LogP contribution in [0.4, 0.5) is 0 Å². The maximum Gasteiger partial charge on any atom is 0.221 e. The lowest BCUT2D eigenvalue weighted by atomic mass is 10.1. The van der Waals surface area contributed by atoms with E-state index in [1.807, 2.05) is 0 Å². The standard InChI is InChI=1S/C8H8N2O2/c1-5(11)10-7-4-6(9)2-3-8(7)12/h2-4,9H,1H3,(H,10,11). The Hall–Kier alpha value is -1.71. The summed E-state index contributed by atoms with van der Waals surface area (Å²) < 4.78 is 0. The quantitative estimate of drug-likeness (QED) is 0.542. The minimum atomic E-state index is -0.308. The van der Waals surface area contributed by atoms with Crippen LogP contribution in [-0.2, 0) is 9.59 Å². The predicted octanol–water partition coefficient (Wildman–Crippen LogP) is 0.165. The molecule has 1 amide bonds. The van der Waals surface area contributed by atoms with Crippen molar-refractivity contribution in [1.29, 1.82) is 5.41 Å². The molecule has 0 aromatic rings. The molecule has 0 fully saturated rings. The van der Waals surface area contributed by atoms with Gasteiger partial charge in [-0.25, -0.2) is 0 Å². The van der Waals surface area contributed by atoms with Crippen LogP contribution >= 0.6 is 0 Å². The van der Waals surface area contributed by atoms with Crippen LogP contribution in [0.2, 0.25) is 0 Å². The maximum absolute atomic E-state index is 11.0. The highest BCUT2D eigenvalue weighted by molar-refractivity contribution is 6.18. The maximum atomic E-state index is 11.0. The molecule has 1 aliphatic rings. The summed E-state index contributed by atoms with van der Waals surface area (Å²) in [5.74, 6) is -0.584. The molecular weight excluding hydrogens is 156 g/mol. The van der Waals surface area contributed by atoms with E-state index in [1.165, 1.54) is 25.2 Å². The summed E-state index contributed by atoms with van der Waals surface area (Å²) in [7, 11) is 0. The van der Waals surface area contributed by atoms with Gasteiger partial charge >= 0.3 is 0 Å². The molecule has 1 rings (SSSR count). The van der Waals surface area contributed by atoms with Gasteiger partial charge in [0.2, 0.25) is 11.7 Å². The number of carbonyl (C=O) groups is 2. The van der Waals surface area contributed by atoms with E-state index in [9.17, 15) is 9.59 Å². The van der Waals surface area contributed by atoms with Crippen LogP contribution < -0.4 is 5.32 Å². The third-order valence-corrected chi connectivity index (χ3v) is 1.29. The van der Waals surface area contributed by atoms with Crippen molar-refractivity contribution in [3.63, 3.8) is 0 Å². The van der Waals surface area contributed by atoms with Crippen molar-refractivity contribution in [2.24, 2.45) is 0 Å². The largest absolute Gasteiger partial charge is 0.323 e. The molecule has 0 atom stereocenters. The second kappa shape index (κ2) is 3.13. The van der Waals surface area contributed by atoms with Crippen LogP contribution in [0.15, 0.2) is 23.9 Å². The molecule has 1 aliphatic carbocycles. The lowest BCUT2D eigenvalue weighted by molar-refractivity contribution is -0.120. The Morgan fingerprint density at radius 1 is 1.50 bits per heavy atom. The van der Waals surface area contributed by atoms with Gasteiger partial charge in [-0.05, 0) is 18.2 Å². The molecule has 0 heterocycles. The Morgan fingerprint density at radius 3 is 2.75 bits per heavy atom. The molecule has 0 unspecified atom stereocenters. The molecule has 12 heavy (non-hydrogen) atoms. The van der Waals surface area contributed by atoms with Crippen LogP contribution in [0.25, 0.3) is 0 Å². The lowest BCUT2D eigenvalue weighted by Gasteiger charge is -2.06. The van der Waals surface area contributed by atoms with Gasteiger partial charge in [0.1, 0.15) is 0 Å². The van der Waals surface area contributed by atoms with Crippen LogP contribution in [0, 0.1) is 5.41 Å². The fourth-order valence-corrected chi connectivity index (χ4v) is 0.817. The van der Waals surface area contributed by atoms with Gasteiger partial charge in [0.25, 0.3) is 0 Å². The Bertz CT molecular complexity index is 313. The Kier molecular flexibility index (Phi) is 2.19. The molecule has 0 saturated carbocycles. The zero-order valence-corrected chi connectivity index (χ0v) is 6.55. The topological polar surface area (TPSA) is 70.0 Å². The summed E-state index contributed by atoms with van der Waals surface area (Å²) in [5, 5.41) is 9.53. The van der Waals surface area contributed by atoms with E-state index < -0.39 is 0 Å². The molecule has 4 nitrogen and oxygen atoms in total. The Balaban J connectivity index is 2.81. The molecule has 0 radical (unpaired) electrons. The number of allylic oxidation sites excluding steroid dienone is 3. The van der Waals surface area contributed by atoms with Crippen molar-refractivity contribution in [3.05, 3.63) is 23.9 Å². The summed E-state index contributed by atoms with van der Waals surface area (Å²) in [4.78, 5) is 21.6. The lowest BCUT2D eigenvalue weighted by Crippen LogP contribution is -2.26. The number of hydrogen-bond donors (Lipinski definition) is 2. The van der Waals surface area contributed by atoms with Gasteiger partial charge in [-0.2, -0.15) is 0 Å². The Labute approximate surface area is 69.5 Å². The zero-order valence-electron chi connectivity index (χ0n) is 6.55. The fourth-order valence-electron chi connectivity index (χ4n) is 0.817. The third-order valence-electron chi connectivity index (χ3n) is 1.29. The number of rotatable bonds is 1. The van der Waals surface area contributed by atoms with Crippen molar-refractivity contribution < 1.29 is 9.59 Å². The minimum absolute atomic E-state index is 0.162. The molecule has 0 spiro atoms. The smallest absolute Gasteiger partial charge is 0.221 e. The highest BCUT2D eigenvalue weighted by Crippen LogP contribution is 2.01. The van der Waals surface area contributed by atoms with E-state index in [1.54, 1.807) is 0 Å². The van der Waals surface area contributed by atoms with Gasteiger partial charge in [0.15, 0.2) is 0 Å². The number of carbonyl (C=O) groups excluding carboxylic acids is 2. The summed E-state index contributed by atoms with van der Waals surface area (Å²) in [6.07, 6.45) is 3.96. The first kappa shape index (κ1) is 8.39. The summed E-state index contributed by atoms with van der Waals surface area (Å²) in [6, 6.07) is 0. The SMILES string of the molecule is CC(=O)NC1=CC(=N)C=CC1=O. The van der Waals surface area contributed by atoms with Gasteiger partial charge in [0.05, 0.1) is 11.4 Å². The van der Waals surface area contributed by atoms with E-state index in [0.29, 0.717) is 0 Å². The van der Waals surface area contributed by atoms with Gasteiger partial charge in [0, 0.05) is 6.92 Å². The first-order valence-corrected chi connectivity index (χ1v) is 3.40. The van der Waals surface area contributed by atoms with E-state index in [2.05, 4.69) is 5.32 Å². The monoisotopic (exact) mass is 164 g/mol. The van der Waals surface area contributed by atoms with Crippen LogP contribution in [0.5, 0.6) is 0 Å². The number of hydrogen-bond acceptors (Lipinski definition) is 3. The second-order valence-electron chi connectivity index (χ2n) is 2.39. The van der Waals surface area contributed by atoms with E-state index in [4.69, 9.17) is 5.41 Å². The van der Waals surface area contributed by atoms with Gasteiger partial charge < -0.3 is 10.7 Å². The third kappa shape index (κ3) is 1.88. The summed E-state index contributed by atoms with van der Waals surface area (Å²) >= 11 is 0. The molecule has 0 aromatic heterocycles. The van der Waals surface area contributed by atoms with E-state index in [-0.39, 0.29) is 23.1 Å². The molecule has 62 valence electrons. The summed E-state index contributed by atoms with van der Waals surface area (Å²) in [6.45, 7) is 1.32. The van der Waals surface area contributed by atoms with Crippen molar-refractivity contribution in [1.82, 2.24) is 5.32 Å². The number of nitrogens with one attached hydrogen (secondary N) is 2. The highest BCUT2D eigenvalue weighted by atomic mass is 16.2. The molecular formula is C8H8N2O2. The zero-order chi connectivity index (χ0) is 9.14. The minimum Gasteiger partial charge on any atom is -0.323 e. The van der Waals surface area contributed by atoms with Crippen LogP contribution in [0.1, 0.15) is 6.92 Å². The number of amides is 1. The van der Waals surface area contributed by atoms with Crippen molar-refractivity contribution >= 4 is 17.4 Å². The molecule has 2 N–H and O–H groups in total. The Morgan fingerprint density at radius 2 is 2.17 bits per heavy atom. The van der Waals surface area contributed by atoms with Gasteiger partial charge in [-0.3, -0.25) is 9.59 Å². The highest BCUT2D eigenvalue weighted by Gasteiger charge is 2.11. The van der Waals surface area contributed by atoms with Crippen LogP contribution in [-0.4, -0.2) is 17.4 Å². The van der Waals surface area contributed by atoms with E-state index >= 15 is 0 Å². The summed E-state index contributed by atoms with van der Waals surface area (Å²) in [5.41, 5.74) is 0.369. The fraction of sp³-hybridized carbons (Fsp3) is 0.125. The van der Waals surface area contributed by atoms with Crippen molar-refractivity contribution in [2.45, 2.75) is 6.92 Å².